The predicted octanol–water partition coefficient (Wildman–Crippen LogP) is 1.32. The van der Waals surface area contributed by atoms with Crippen LogP contribution < -0.4 is 5.32 Å². The maximum absolute atomic E-state index is 12.5. The molecule has 27 heavy (non-hydrogen) atoms. The first-order chi connectivity index (χ1) is 13.0. The molecular weight excluding hydrogens is 340 g/mol. The van der Waals surface area contributed by atoms with Crippen LogP contribution in [0.4, 0.5) is 0 Å². The number of piperidine rings is 2. The van der Waals surface area contributed by atoms with Crippen LogP contribution in [0.5, 0.6) is 0 Å². The van der Waals surface area contributed by atoms with Gasteiger partial charge in [0.15, 0.2) is 0 Å². The minimum atomic E-state index is -0.446. The van der Waals surface area contributed by atoms with Gasteiger partial charge in [-0.3, -0.25) is 14.5 Å². The van der Waals surface area contributed by atoms with Gasteiger partial charge in [0.2, 0.25) is 0 Å². The van der Waals surface area contributed by atoms with Crippen LogP contribution in [0.2, 0.25) is 0 Å². The molecule has 0 aliphatic carbocycles. The molecule has 2 heterocycles. The van der Waals surface area contributed by atoms with Gasteiger partial charge in [0.1, 0.15) is 0 Å². The Balaban J connectivity index is 1.41. The molecule has 2 fully saturated rings. The minimum Gasteiger partial charge on any atom is -0.345 e. The largest absolute Gasteiger partial charge is 0.345 e. The molecule has 0 spiro atoms. The summed E-state index contributed by atoms with van der Waals surface area (Å²) in [7, 11) is 3.86. The van der Waals surface area contributed by atoms with Crippen LogP contribution >= 0.6 is 0 Å². The summed E-state index contributed by atoms with van der Waals surface area (Å²) in [5.41, 5.74) is 1.31. The topological polar surface area (TPSA) is 55.9 Å². The first kappa shape index (κ1) is 19.8. The SMILES string of the molecule is CN1CCC(N(C)C(=O)C(=O)NC2CCN(Cc3ccccc3)CC2)CC1. The van der Waals surface area contributed by atoms with E-state index in [-0.39, 0.29) is 12.1 Å². The number of carbonyl (C=O) groups is 2. The van der Waals surface area contributed by atoms with Crippen molar-refractivity contribution in [2.24, 2.45) is 0 Å². The molecule has 3 rings (SSSR count). The smallest absolute Gasteiger partial charge is 0.311 e. The number of nitrogens with one attached hydrogen (secondary N) is 1. The van der Waals surface area contributed by atoms with Crippen molar-refractivity contribution >= 4 is 11.8 Å². The van der Waals surface area contributed by atoms with Gasteiger partial charge in [-0.1, -0.05) is 30.3 Å². The van der Waals surface area contributed by atoms with Crippen LogP contribution in [-0.2, 0) is 16.1 Å². The standard InChI is InChI=1S/C21H32N4O2/c1-23-12-10-19(11-13-23)24(2)21(27)20(26)22-18-8-14-25(15-9-18)16-17-6-4-3-5-7-17/h3-7,18-19H,8-16H2,1-2H3,(H,22,26). The van der Waals surface area contributed by atoms with Crippen LogP contribution in [0.25, 0.3) is 0 Å². The van der Waals surface area contributed by atoms with E-state index in [0.717, 1.165) is 58.4 Å². The minimum absolute atomic E-state index is 0.0966. The molecule has 2 aliphatic rings. The van der Waals surface area contributed by atoms with Crippen molar-refractivity contribution in [3.8, 4) is 0 Å². The van der Waals surface area contributed by atoms with Gasteiger partial charge >= 0.3 is 11.8 Å². The predicted molar refractivity (Wildman–Crippen MR) is 106 cm³/mol. The van der Waals surface area contributed by atoms with Gasteiger partial charge in [-0.15, -0.1) is 0 Å². The number of likely N-dealkylation sites (tertiary alicyclic amines) is 2. The third-order valence-electron chi connectivity index (χ3n) is 5.92. The molecule has 6 heteroatoms. The molecule has 2 saturated heterocycles. The Morgan fingerprint density at radius 2 is 1.67 bits per heavy atom. The second-order valence-electron chi connectivity index (χ2n) is 7.96. The highest BCUT2D eigenvalue weighted by atomic mass is 16.2. The maximum Gasteiger partial charge on any atom is 0.311 e. The van der Waals surface area contributed by atoms with E-state index in [9.17, 15) is 9.59 Å². The van der Waals surface area contributed by atoms with Gasteiger partial charge in [-0.2, -0.15) is 0 Å². The van der Waals surface area contributed by atoms with Gasteiger partial charge < -0.3 is 15.1 Å². The van der Waals surface area contributed by atoms with Gasteiger partial charge in [0.05, 0.1) is 0 Å². The van der Waals surface area contributed by atoms with E-state index in [0.29, 0.717) is 0 Å². The second-order valence-corrected chi connectivity index (χ2v) is 7.96. The summed E-state index contributed by atoms with van der Waals surface area (Å²) in [5.74, 6) is -0.839. The number of likely N-dealkylation sites (N-methyl/N-ethyl adjacent to an activating group) is 1. The molecule has 2 aliphatic heterocycles. The van der Waals surface area contributed by atoms with E-state index in [4.69, 9.17) is 0 Å². The fourth-order valence-corrected chi connectivity index (χ4v) is 4.03. The Bertz CT molecular complexity index is 620. The summed E-state index contributed by atoms with van der Waals surface area (Å²) >= 11 is 0. The normalized spacial score (nSPS) is 20.4. The molecule has 1 aromatic carbocycles. The molecule has 1 aromatic rings. The Morgan fingerprint density at radius 1 is 1.04 bits per heavy atom. The van der Waals surface area contributed by atoms with Crippen molar-refractivity contribution in [3.05, 3.63) is 35.9 Å². The number of hydrogen-bond donors (Lipinski definition) is 1. The van der Waals surface area contributed by atoms with Crippen LogP contribution in [0.1, 0.15) is 31.2 Å². The van der Waals surface area contributed by atoms with E-state index >= 15 is 0 Å². The zero-order chi connectivity index (χ0) is 19.2. The lowest BCUT2D eigenvalue weighted by Crippen LogP contribution is -2.52. The summed E-state index contributed by atoms with van der Waals surface area (Å²) in [6.07, 6.45) is 3.65. The van der Waals surface area contributed by atoms with E-state index in [1.165, 1.54) is 5.56 Å². The molecule has 0 atom stereocenters. The van der Waals surface area contributed by atoms with Crippen molar-refractivity contribution < 1.29 is 9.59 Å². The Labute approximate surface area is 162 Å². The zero-order valence-electron chi connectivity index (χ0n) is 16.6. The fraction of sp³-hybridized carbons (Fsp3) is 0.619. The molecule has 2 amide bonds. The summed E-state index contributed by atoms with van der Waals surface area (Å²) in [6, 6.07) is 10.7. The lowest BCUT2D eigenvalue weighted by molar-refractivity contribution is -0.147. The van der Waals surface area contributed by atoms with Crippen molar-refractivity contribution in [1.82, 2.24) is 20.0 Å². The first-order valence-corrected chi connectivity index (χ1v) is 10.1. The molecule has 148 valence electrons. The van der Waals surface area contributed by atoms with Crippen LogP contribution in [-0.4, -0.2) is 78.9 Å². The second kappa shape index (κ2) is 9.33. The highest BCUT2D eigenvalue weighted by Gasteiger charge is 2.29. The van der Waals surface area contributed by atoms with Crippen molar-refractivity contribution in [2.45, 2.75) is 44.3 Å². The number of benzene rings is 1. The van der Waals surface area contributed by atoms with Gasteiger partial charge in [-0.25, -0.2) is 0 Å². The summed E-state index contributed by atoms with van der Waals surface area (Å²) < 4.78 is 0. The van der Waals surface area contributed by atoms with E-state index in [1.54, 1.807) is 11.9 Å². The Hall–Kier alpha value is -1.92. The number of nitrogens with zero attached hydrogens (tertiary/aromatic N) is 3. The van der Waals surface area contributed by atoms with Crippen LogP contribution in [0, 0.1) is 0 Å². The fourth-order valence-electron chi connectivity index (χ4n) is 4.03. The molecule has 0 bridgehead atoms. The van der Waals surface area contributed by atoms with E-state index in [1.807, 2.05) is 6.07 Å². The summed E-state index contributed by atoms with van der Waals surface area (Å²) in [5, 5.41) is 2.96. The molecule has 0 saturated carbocycles. The molecular formula is C21H32N4O2. The summed E-state index contributed by atoms with van der Waals surface area (Å²) in [4.78, 5) is 31.2. The van der Waals surface area contributed by atoms with Crippen LogP contribution in [0.3, 0.4) is 0 Å². The Morgan fingerprint density at radius 3 is 2.30 bits per heavy atom. The number of hydrogen-bond acceptors (Lipinski definition) is 4. The van der Waals surface area contributed by atoms with E-state index < -0.39 is 11.8 Å². The maximum atomic E-state index is 12.5. The van der Waals surface area contributed by atoms with Crippen molar-refractivity contribution in [1.29, 1.82) is 0 Å². The average molecular weight is 373 g/mol. The third-order valence-corrected chi connectivity index (χ3v) is 5.92. The van der Waals surface area contributed by atoms with E-state index in [2.05, 4.69) is 46.4 Å². The van der Waals surface area contributed by atoms with Gasteiger partial charge in [-0.05, 0) is 51.4 Å². The number of amides is 2. The van der Waals surface area contributed by atoms with Crippen molar-refractivity contribution in [3.63, 3.8) is 0 Å². The highest BCUT2D eigenvalue weighted by molar-refractivity contribution is 6.35. The molecule has 0 unspecified atom stereocenters. The number of carbonyl (C=O) groups excluding carboxylic acids is 2. The van der Waals surface area contributed by atoms with Crippen LogP contribution in [0.15, 0.2) is 30.3 Å². The quantitative estimate of drug-likeness (QED) is 0.810. The third kappa shape index (κ3) is 5.53. The Kier molecular flexibility index (Phi) is 6.85. The molecule has 0 radical (unpaired) electrons. The lowest BCUT2D eigenvalue weighted by atomic mass is 10.0. The molecule has 6 nitrogen and oxygen atoms in total. The van der Waals surface area contributed by atoms with Crippen molar-refractivity contribution in [2.75, 3.05) is 40.3 Å². The van der Waals surface area contributed by atoms with Gasteiger partial charge in [0, 0.05) is 38.8 Å². The molecule has 0 aromatic heterocycles. The lowest BCUT2D eigenvalue weighted by Gasteiger charge is -2.35. The first-order valence-electron chi connectivity index (χ1n) is 10.1. The average Bonchev–Trinajstić information content (AvgIpc) is 2.69. The monoisotopic (exact) mass is 372 g/mol. The van der Waals surface area contributed by atoms with Gasteiger partial charge in [0.25, 0.3) is 0 Å². The highest BCUT2D eigenvalue weighted by Crippen LogP contribution is 2.16. The zero-order valence-corrected chi connectivity index (χ0v) is 16.6. The summed E-state index contributed by atoms with van der Waals surface area (Å²) in [6.45, 7) is 4.78. The molecule has 1 N–H and O–H groups in total. The number of rotatable bonds is 4.